The lowest BCUT2D eigenvalue weighted by molar-refractivity contribution is -0.118. The van der Waals surface area contributed by atoms with Crippen molar-refractivity contribution in [1.29, 1.82) is 0 Å². The van der Waals surface area contributed by atoms with E-state index >= 15 is 0 Å². The molecule has 0 spiro atoms. The van der Waals surface area contributed by atoms with Gasteiger partial charge in [-0.2, -0.15) is 0 Å². The van der Waals surface area contributed by atoms with Crippen LogP contribution < -0.4 is 5.73 Å². The van der Waals surface area contributed by atoms with E-state index in [2.05, 4.69) is 0 Å². The van der Waals surface area contributed by atoms with Crippen molar-refractivity contribution in [2.75, 3.05) is 20.2 Å². The molecule has 0 radical (unpaired) electrons. The lowest BCUT2D eigenvalue weighted by Gasteiger charge is -2.21. The van der Waals surface area contributed by atoms with Crippen molar-refractivity contribution in [1.82, 2.24) is 4.90 Å². The van der Waals surface area contributed by atoms with Crippen LogP contribution in [0.15, 0.2) is 0 Å². The highest BCUT2D eigenvalue weighted by molar-refractivity contribution is 5.73. The minimum Gasteiger partial charge on any atom is -0.395 e. The molecule has 0 aliphatic rings. The van der Waals surface area contributed by atoms with Crippen molar-refractivity contribution >= 4 is 5.91 Å². The van der Waals surface area contributed by atoms with Crippen LogP contribution in [0, 0.1) is 0 Å². The second-order valence-electron chi connectivity index (χ2n) is 2.73. The van der Waals surface area contributed by atoms with Gasteiger partial charge in [0.05, 0.1) is 6.61 Å². The zero-order chi connectivity index (χ0) is 8.85. The van der Waals surface area contributed by atoms with Gasteiger partial charge in [-0.25, -0.2) is 0 Å². The second kappa shape index (κ2) is 5.09. The van der Waals surface area contributed by atoms with Crippen LogP contribution in [0.2, 0.25) is 0 Å². The monoisotopic (exact) mass is 160 g/mol. The molecule has 4 nitrogen and oxygen atoms in total. The first kappa shape index (κ1) is 10.4. The summed E-state index contributed by atoms with van der Waals surface area (Å²) < 4.78 is 0. The Bertz CT molecular complexity index is 128. The number of hydrogen-bond donors (Lipinski definition) is 2. The molecule has 1 amide bonds. The quantitative estimate of drug-likeness (QED) is 0.552. The number of carbonyl (C=O) groups is 1. The lowest BCUT2D eigenvalue weighted by Crippen LogP contribution is -2.34. The van der Waals surface area contributed by atoms with E-state index in [-0.39, 0.29) is 18.6 Å². The van der Waals surface area contributed by atoms with Gasteiger partial charge in [-0.05, 0) is 14.0 Å². The Morgan fingerprint density at radius 1 is 1.73 bits per heavy atom. The number of nitrogens with zero attached hydrogens (tertiary/aromatic N) is 1. The van der Waals surface area contributed by atoms with E-state index in [0.29, 0.717) is 13.0 Å². The molecular formula is C7H16N2O2. The Labute approximate surface area is 67.0 Å². The van der Waals surface area contributed by atoms with Crippen molar-refractivity contribution in [3.8, 4) is 0 Å². The number of nitrogens with two attached hydrogens (primary N) is 1. The highest BCUT2D eigenvalue weighted by atomic mass is 16.3. The van der Waals surface area contributed by atoms with E-state index in [1.165, 1.54) is 0 Å². The Kier molecular flexibility index (Phi) is 4.81. The minimum absolute atomic E-state index is 0.0920. The number of rotatable bonds is 5. The Morgan fingerprint density at radius 2 is 2.27 bits per heavy atom. The molecule has 4 heteroatoms. The summed E-state index contributed by atoms with van der Waals surface area (Å²) in [5.41, 5.74) is 4.95. The van der Waals surface area contributed by atoms with E-state index in [1.54, 1.807) is 0 Å². The maximum Gasteiger partial charge on any atom is 0.218 e. The maximum atomic E-state index is 10.3. The first-order valence-electron chi connectivity index (χ1n) is 3.67. The predicted molar refractivity (Wildman–Crippen MR) is 43.0 cm³/mol. The average molecular weight is 160 g/mol. The summed E-state index contributed by atoms with van der Waals surface area (Å²) in [5, 5.41) is 8.71. The molecule has 0 aliphatic carbocycles. The van der Waals surface area contributed by atoms with Crippen LogP contribution in [0.25, 0.3) is 0 Å². The van der Waals surface area contributed by atoms with Crippen LogP contribution in [-0.2, 0) is 4.79 Å². The molecule has 0 aliphatic heterocycles. The third-order valence-corrected chi connectivity index (χ3v) is 1.73. The fraction of sp³-hybridized carbons (Fsp3) is 0.857. The summed E-state index contributed by atoms with van der Waals surface area (Å²) in [6.07, 6.45) is 0.348. The molecular weight excluding hydrogens is 144 g/mol. The van der Waals surface area contributed by atoms with Gasteiger partial charge in [-0.1, -0.05) is 0 Å². The minimum atomic E-state index is -0.304. The van der Waals surface area contributed by atoms with Gasteiger partial charge >= 0.3 is 0 Å². The summed E-state index contributed by atoms with van der Waals surface area (Å²) in [6, 6.07) is 0.0920. The molecule has 0 aromatic rings. The zero-order valence-corrected chi connectivity index (χ0v) is 7.08. The summed E-state index contributed by atoms with van der Waals surface area (Å²) in [6.45, 7) is 2.60. The third-order valence-electron chi connectivity index (χ3n) is 1.73. The van der Waals surface area contributed by atoms with Gasteiger partial charge in [0.25, 0.3) is 0 Å². The molecule has 0 heterocycles. The Hall–Kier alpha value is -0.610. The molecule has 0 aromatic carbocycles. The molecule has 1 atom stereocenters. The molecule has 0 saturated heterocycles. The Morgan fingerprint density at radius 3 is 2.64 bits per heavy atom. The first-order valence-corrected chi connectivity index (χ1v) is 3.67. The normalized spacial score (nSPS) is 13.5. The number of likely N-dealkylation sites (N-methyl/N-ethyl adjacent to an activating group) is 1. The summed E-state index contributed by atoms with van der Waals surface area (Å²) in [7, 11) is 1.85. The number of amides is 1. The van der Waals surface area contributed by atoms with Crippen LogP contribution in [0.1, 0.15) is 13.3 Å². The van der Waals surface area contributed by atoms with Gasteiger partial charge in [0.1, 0.15) is 0 Å². The molecule has 11 heavy (non-hydrogen) atoms. The van der Waals surface area contributed by atoms with Crippen molar-refractivity contribution in [3.63, 3.8) is 0 Å². The van der Waals surface area contributed by atoms with Gasteiger partial charge in [-0.3, -0.25) is 4.79 Å². The van der Waals surface area contributed by atoms with E-state index in [1.807, 2.05) is 18.9 Å². The second-order valence-corrected chi connectivity index (χ2v) is 2.73. The van der Waals surface area contributed by atoms with E-state index in [4.69, 9.17) is 10.8 Å². The lowest BCUT2D eigenvalue weighted by atomic mass is 10.3. The molecule has 0 saturated carbocycles. The number of aliphatic hydroxyl groups excluding tert-OH is 1. The van der Waals surface area contributed by atoms with Crippen LogP contribution in [0.3, 0.4) is 0 Å². The van der Waals surface area contributed by atoms with Gasteiger partial charge in [-0.15, -0.1) is 0 Å². The molecule has 66 valence electrons. The van der Waals surface area contributed by atoms with Crippen LogP contribution in [-0.4, -0.2) is 42.2 Å². The van der Waals surface area contributed by atoms with E-state index in [9.17, 15) is 4.79 Å². The Balaban J connectivity index is 3.51. The van der Waals surface area contributed by atoms with Crippen LogP contribution >= 0.6 is 0 Å². The summed E-state index contributed by atoms with van der Waals surface area (Å²) in [4.78, 5) is 12.2. The SMILES string of the molecule is CC(CO)N(C)CCC(N)=O. The molecule has 3 N–H and O–H groups in total. The third kappa shape index (κ3) is 4.75. The standard InChI is InChI=1S/C7H16N2O2/c1-6(5-10)9(2)4-3-7(8)11/h6,10H,3-5H2,1-2H3,(H2,8,11). The van der Waals surface area contributed by atoms with E-state index in [0.717, 1.165) is 0 Å². The number of hydrogen-bond acceptors (Lipinski definition) is 3. The van der Waals surface area contributed by atoms with Gasteiger partial charge in [0, 0.05) is 19.0 Å². The highest BCUT2D eigenvalue weighted by Gasteiger charge is 2.07. The smallest absolute Gasteiger partial charge is 0.218 e. The molecule has 0 rings (SSSR count). The predicted octanol–water partition coefficient (Wildman–Crippen LogP) is -0.826. The molecule has 0 bridgehead atoms. The van der Waals surface area contributed by atoms with Gasteiger partial charge in [0.2, 0.25) is 5.91 Å². The largest absolute Gasteiger partial charge is 0.395 e. The van der Waals surface area contributed by atoms with Crippen molar-refractivity contribution in [2.45, 2.75) is 19.4 Å². The maximum absolute atomic E-state index is 10.3. The van der Waals surface area contributed by atoms with Crippen molar-refractivity contribution in [3.05, 3.63) is 0 Å². The van der Waals surface area contributed by atoms with Crippen LogP contribution in [0.4, 0.5) is 0 Å². The van der Waals surface area contributed by atoms with Gasteiger partial charge in [0.15, 0.2) is 0 Å². The topological polar surface area (TPSA) is 66.6 Å². The first-order chi connectivity index (χ1) is 5.07. The summed E-state index contributed by atoms with van der Waals surface area (Å²) in [5.74, 6) is -0.304. The number of carbonyl (C=O) groups excluding carboxylic acids is 1. The summed E-state index contributed by atoms with van der Waals surface area (Å²) >= 11 is 0. The fourth-order valence-electron chi connectivity index (χ4n) is 0.646. The molecule has 0 aromatic heterocycles. The number of aliphatic hydroxyl groups is 1. The average Bonchev–Trinajstić information content (AvgIpc) is 1.98. The fourth-order valence-corrected chi connectivity index (χ4v) is 0.646. The van der Waals surface area contributed by atoms with Crippen LogP contribution in [0.5, 0.6) is 0 Å². The molecule has 0 fully saturated rings. The number of primary amides is 1. The van der Waals surface area contributed by atoms with Crippen molar-refractivity contribution < 1.29 is 9.90 Å². The highest BCUT2D eigenvalue weighted by Crippen LogP contribution is 1.94. The van der Waals surface area contributed by atoms with Gasteiger partial charge < -0.3 is 15.7 Å². The van der Waals surface area contributed by atoms with Crippen molar-refractivity contribution in [2.24, 2.45) is 5.73 Å². The zero-order valence-electron chi connectivity index (χ0n) is 7.08. The van der Waals surface area contributed by atoms with E-state index < -0.39 is 0 Å². The molecule has 1 unspecified atom stereocenters.